The average molecular weight is 541 g/mol. The molecule has 3 aromatic rings. The fourth-order valence-electron chi connectivity index (χ4n) is 4.48. The van der Waals surface area contributed by atoms with Crippen LogP contribution >= 0.6 is 0 Å². The lowest BCUT2D eigenvalue weighted by molar-refractivity contribution is 0.0801. The van der Waals surface area contributed by atoms with Crippen LogP contribution in [0, 0.1) is 12.7 Å². The van der Waals surface area contributed by atoms with Gasteiger partial charge in [0.05, 0.1) is 28.6 Å². The Morgan fingerprint density at radius 2 is 2.00 bits per heavy atom. The Hall–Kier alpha value is -3.35. The predicted octanol–water partition coefficient (Wildman–Crippen LogP) is 4.09. The largest absolute Gasteiger partial charge is 0.482 e. The Morgan fingerprint density at radius 3 is 2.68 bits per heavy atom. The number of ether oxygens (including phenoxy) is 2. The molecule has 0 aromatic carbocycles. The van der Waals surface area contributed by atoms with Crippen molar-refractivity contribution in [3.05, 3.63) is 47.8 Å². The number of rotatable bonds is 7. The number of carbonyl (C=O) groups excluding carboxylic acids is 1. The van der Waals surface area contributed by atoms with Crippen molar-refractivity contribution in [3.63, 3.8) is 0 Å². The SMILES string of the molecule is Cc1c(C(=O)NC2(C)CCS(=O)(=O)C(C)(C)C2)nc2ccc(Oc3ncc(F)cc3OCC(F)F)cn12. The van der Waals surface area contributed by atoms with Crippen LogP contribution in [-0.2, 0) is 9.84 Å². The van der Waals surface area contributed by atoms with Crippen LogP contribution in [0.5, 0.6) is 17.4 Å². The van der Waals surface area contributed by atoms with Gasteiger partial charge in [-0.3, -0.25) is 9.20 Å². The third-order valence-electron chi connectivity index (χ3n) is 6.41. The van der Waals surface area contributed by atoms with Crippen LogP contribution in [0.1, 0.15) is 49.8 Å². The number of carbonyl (C=O) groups is 1. The molecule has 1 amide bonds. The number of imidazole rings is 1. The van der Waals surface area contributed by atoms with Crippen molar-refractivity contribution < 1.29 is 35.9 Å². The van der Waals surface area contributed by atoms with E-state index < -0.39 is 44.9 Å². The molecule has 3 aromatic heterocycles. The van der Waals surface area contributed by atoms with Crippen LogP contribution in [0.3, 0.4) is 0 Å². The molecular weight excluding hydrogens is 513 g/mol. The van der Waals surface area contributed by atoms with Gasteiger partial charge in [-0.05, 0) is 52.7 Å². The highest BCUT2D eigenvalue weighted by Crippen LogP contribution is 2.37. The Labute approximate surface area is 211 Å². The first-order valence-corrected chi connectivity index (χ1v) is 13.1. The summed E-state index contributed by atoms with van der Waals surface area (Å²) >= 11 is 0. The van der Waals surface area contributed by atoms with E-state index in [-0.39, 0.29) is 41.7 Å². The van der Waals surface area contributed by atoms with Gasteiger partial charge >= 0.3 is 0 Å². The highest BCUT2D eigenvalue weighted by molar-refractivity contribution is 7.92. The zero-order valence-electron chi connectivity index (χ0n) is 20.7. The Kier molecular flexibility index (Phi) is 6.86. The lowest BCUT2D eigenvalue weighted by atomic mass is 9.87. The normalized spacial score (nSPS) is 20.6. The summed E-state index contributed by atoms with van der Waals surface area (Å²) in [6, 6.07) is 4.01. The predicted molar refractivity (Wildman–Crippen MR) is 129 cm³/mol. The summed E-state index contributed by atoms with van der Waals surface area (Å²) in [6.45, 7) is 5.86. The Morgan fingerprint density at radius 1 is 1.27 bits per heavy atom. The van der Waals surface area contributed by atoms with Crippen LogP contribution in [0.15, 0.2) is 30.6 Å². The number of aromatic nitrogens is 3. The number of halogens is 3. The number of hydrogen-bond acceptors (Lipinski definition) is 7. The van der Waals surface area contributed by atoms with E-state index in [4.69, 9.17) is 9.47 Å². The number of pyridine rings is 2. The third kappa shape index (κ3) is 5.50. The summed E-state index contributed by atoms with van der Waals surface area (Å²) in [5.41, 5.74) is 0.356. The van der Waals surface area contributed by atoms with Crippen molar-refractivity contribution >= 4 is 21.4 Å². The molecule has 37 heavy (non-hydrogen) atoms. The second-order valence-corrected chi connectivity index (χ2v) is 12.7. The maximum atomic E-state index is 13.6. The van der Waals surface area contributed by atoms with Crippen LogP contribution < -0.4 is 14.8 Å². The molecule has 0 radical (unpaired) electrons. The summed E-state index contributed by atoms with van der Waals surface area (Å²) in [7, 11) is -3.26. The minimum atomic E-state index is -3.26. The van der Waals surface area contributed by atoms with Gasteiger partial charge in [0.2, 0.25) is 0 Å². The monoisotopic (exact) mass is 540 g/mol. The standard InChI is InChI=1S/C24H27F3N4O5S/c1-14-20(21(32)30-24(4)7-8-37(33,34)23(2,3)13-24)29-19-6-5-16(11-31(14)19)36-22-17(35-12-18(26)27)9-15(25)10-28-22/h5-6,9-11,18H,7-8,12-13H2,1-4H3,(H,30,32). The lowest BCUT2D eigenvalue weighted by Gasteiger charge is -2.42. The van der Waals surface area contributed by atoms with E-state index in [1.54, 1.807) is 31.2 Å². The molecule has 13 heteroatoms. The van der Waals surface area contributed by atoms with Gasteiger partial charge in [-0.2, -0.15) is 0 Å². The maximum absolute atomic E-state index is 13.6. The first-order valence-electron chi connectivity index (χ1n) is 11.5. The van der Waals surface area contributed by atoms with Crippen molar-refractivity contribution in [2.24, 2.45) is 0 Å². The molecule has 1 saturated heterocycles. The summed E-state index contributed by atoms with van der Waals surface area (Å²) in [5.74, 6) is -1.52. The fourth-order valence-corrected chi connectivity index (χ4v) is 6.29. The van der Waals surface area contributed by atoms with Crippen molar-refractivity contribution in [2.75, 3.05) is 12.4 Å². The number of fused-ring (bicyclic) bond motifs is 1. The van der Waals surface area contributed by atoms with E-state index in [0.717, 1.165) is 12.3 Å². The van der Waals surface area contributed by atoms with Gasteiger partial charge in [0.25, 0.3) is 18.2 Å². The van der Waals surface area contributed by atoms with E-state index in [1.807, 2.05) is 6.92 Å². The molecule has 1 fully saturated rings. The molecular formula is C24H27F3N4O5S. The number of hydrogen-bond donors (Lipinski definition) is 1. The fraction of sp³-hybridized carbons (Fsp3) is 0.458. The molecule has 0 aliphatic carbocycles. The van der Waals surface area contributed by atoms with Crippen molar-refractivity contribution in [3.8, 4) is 17.4 Å². The number of alkyl halides is 2. The average Bonchev–Trinajstić information content (AvgIpc) is 3.13. The molecule has 1 aliphatic heterocycles. The van der Waals surface area contributed by atoms with Gasteiger partial charge in [0.1, 0.15) is 29.5 Å². The van der Waals surface area contributed by atoms with Gasteiger partial charge in [-0.25, -0.2) is 31.6 Å². The molecule has 0 spiro atoms. The molecule has 0 bridgehead atoms. The molecule has 9 nitrogen and oxygen atoms in total. The Balaban J connectivity index is 1.57. The van der Waals surface area contributed by atoms with Gasteiger partial charge in [-0.1, -0.05) is 0 Å². The minimum Gasteiger partial charge on any atom is -0.482 e. The van der Waals surface area contributed by atoms with Crippen molar-refractivity contribution in [2.45, 2.75) is 57.2 Å². The second kappa shape index (κ2) is 9.51. The van der Waals surface area contributed by atoms with E-state index in [0.29, 0.717) is 11.3 Å². The molecule has 4 heterocycles. The third-order valence-corrected chi connectivity index (χ3v) is 8.98. The van der Waals surface area contributed by atoms with Crippen LogP contribution in [0.4, 0.5) is 13.2 Å². The van der Waals surface area contributed by atoms with E-state index in [9.17, 15) is 26.4 Å². The maximum Gasteiger partial charge on any atom is 0.272 e. The summed E-state index contributed by atoms with van der Waals surface area (Å²) in [6.07, 6.45) is 0.173. The minimum absolute atomic E-state index is 0.0257. The van der Waals surface area contributed by atoms with Crippen molar-refractivity contribution in [1.29, 1.82) is 0 Å². The molecule has 0 saturated carbocycles. The smallest absolute Gasteiger partial charge is 0.272 e. The Bertz CT molecular complexity index is 1460. The highest BCUT2D eigenvalue weighted by atomic mass is 32.2. The highest BCUT2D eigenvalue weighted by Gasteiger charge is 2.47. The quantitative estimate of drug-likeness (QED) is 0.481. The molecule has 1 atom stereocenters. The molecule has 1 unspecified atom stereocenters. The molecule has 200 valence electrons. The summed E-state index contributed by atoms with van der Waals surface area (Å²) in [5, 5.41) is 2.96. The number of nitrogens with one attached hydrogen (secondary N) is 1. The zero-order chi connectivity index (χ0) is 27.2. The first-order chi connectivity index (χ1) is 17.2. The summed E-state index contributed by atoms with van der Waals surface area (Å²) < 4.78 is 74.6. The number of nitrogens with zero attached hydrogens (tertiary/aromatic N) is 3. The number of aryl methyl sites for hydroxylation is 1. The number of sulfone groups is 1. The van der Waals surface area contributed by atoms with Crippen LogP contribution in [0.2, 0.25) is 0 Å². The molecule has 4 rings (SSSR count). The van der Waals surface area contributed by atoms with Gasteiger partial charge in [-0.15, -0.1) is 0 Å². The van der Waals surface area contributed by atoms with Crippen LogP contribution in [-0.4, -0.2) is 57.8 Å². The lowest BCUT2D eigenvalue weighted by Crippen LogP contribution is -2.57. The zero-order valence-corrected chi connectivity index (χ0v) is 21.5. The molecule has 1 aliphatic rings. The first kappa shape index (κ1) is 26.7. The van der Waals surface area contributed by atoms with Crippen molar-refractivity contribution in [1.82, 2.24) is 19.7 Å². The van der Waals surface area contributed by atoms with E-state index in [2.05, 4.69) is 15.3 Å². The van der Waals surface area contributed by atoms with E-state index in [1.165, 1.54) is 12.3 Å². The summed E-state index contributed by atoms with van der Waals surface area (Å²) in [4.78, 5) is 21.4. The van der Waals surface area contributed by atoms with Gasteiger partial charge < -0.3 is 14.8 Å². The second-order valence-electron chi connectivity index (χ2n) is 9.92. The topological polar surface area (TPSA) is 112 Å². The van der Waals surface area contributed by atoms with Crippen LogP contribution in [0.25, 0.3) is 5.65 Å². The van der Waals surface area contributed by atoms with E-state index >= 15 is 0 Å². The molecule has 1 N–H and O–H groups in total. The number of amides is 1. The van der Waals surface area contributed by atoms with Gasteiger partial charge in [0.15, 0.2) is 15.6 Å². The van der Waals surface area contributed by atoms with Gasteiger partial charge in [0, 0.05) is 11.6 Å².